The number of aryl methyl sites for hydroxylation is 1. The zero-order valence-corrected chi connectivity index (χ0v) is 15.1. The molecule has 1 aromatic rings. The van der Waals surface area contributed by atoms with Crippen molar-refractivity contribution in [2.24, 2.45) is 0 Å². The van der Waals surface area contributed by atoms with Crippen molar-refractivity contribution in [3.8, 4) is 5.75 Å². The Morgan fingerprint density at radius 3 is 2.44 bits per heavy atom. The lowest BCUT2D eigenvalue weighted by molar-refractivity contribution is -0.132. The quantitative estimate of drug-likeness (QED) is 0.804. The summed E-state index contributed by atoms with van der Waals surface area (Å²) in [7, 11) is 1.64. The maximum Gasteiger partial charge on any atom is 0.326 e. The molecule has 6 heteroatoms. The average Bonchev–Trinajstić information content (AvgIpc) is 2.85. The van der Waals surface area contributed by atoms with Crippen LogP contribution in [0.5, 0.6) is 5.75 Å². The first-order chi connectivity index (χ1) is 12.0. The van der Waals surface area contributed by atoms with Crippen LogP contribution in [0.4, 0.5) is 4.79 Å². The highest BCUT2D eigenvalue weighted by Gasteiger charge is 2.47. The topological polar surface area (TPSA) is 61.9 Å². The summed E-state index contributed by atoms with van der Waals surface area (Å²) in [5, 5.41) is 2.90. The molecular weight excluding hydrogens is 318 g/mol. The lowest BCUT2D eigenvalue weighted by Crippen LogP contribution is -2.46. The molecule has 25 heavy (non-hydrogen) atoms. The van der Waals surface area contributed by atoms with Crippen molar-refractivity contribution in [3.05, 3.63) is 29.8 Å². The molecule has 1 aromatic carbocycles. The predicted molar refractivity (Wildman–Crippen MR) is 95.4 cm³/mol. The number of carbonyl (C=O) groups excluding carboxylic acids is 2. The van der Waals surface area contributed by atoms with Crippen LogP contribution < -0.4 is 10.1 Å². The fourth-order valence-corrected chi connectivity index (χ4v) is 3.53. The third-order valence-electron chi connectivity index (χ3n) is 5.21. The van der Waals surface area contributed by atoms with Crippen LogP contribution in [0.15, 0.2) is 24.3 Å². The smallest absolute Gasteiger partial charge is 0.326 e. The molecule has 6 nitrogen and oxygen atoms in total. The molecule has 3 amide bonds. The molecule has 0 bridgehead atoms. The number of hydrogen-bond acceptors (Lipinski definition) is 4. The monoisotopic (exact) mass is 345 g/mol. The van der Waals surface area contributed by atoms with Gasteiger partial charge < -0.3 is 10.1 Å². The van der Waals surface area contributed by atoms with Crippen LogP contribution in [0.1, 0.15) is 38.2 Å². The van der Waals surface area contributed by atoms with Gasteiger partial charge in [-0.15, -0.1) is 0 Å². The van der Waals surface area contributed by atoms with E-state index >= 15 is 0 Å². The summed E-state index contributed by atoms with van der Waals surface area (Å²) in [5.74, 6) is 0.699. The lowest BCUT2D eigenvalue weighted by Gasteiger charge is -2.29. The number of amides is 3. The molecule has 2 fully saturated rings. The summed E-state index contributed by atoms with van der Waals surface area (Å²) in [5.41, 5.74) is 0.297. The van der Waals surface area contributed by atoms with Crippen molar-refractivity contribution >= 4 is 11.9 Å². The minimum atomic E-state index is -0.827. The number of carbonyl (C=O) groups is 2. The van der Waals surface area contributed by atoms with E-state index < -0.39 is 5.54 Å². The molecule has 0 aromatic heterocycles. The normalized spacial score (nSPS) is 24.5. The van der Waals surface area contributed by atoms with E-state index in [9.17, 15) is 9.59 Å². The van der Waals surface area contributed by atoms with Gasteiger partial charge in [-0.3, -0.25) is 9.69 Å². The van der Waals surface area contributed by atoms with Crippen molar-refractivity contribution in [3.63, 3.8) is 0 Å². The zero-order chi connectivity index (χ0) is 17.9. The summed E-state index contributed by atoms with van der Waals surface area (Å²) < 4.78 is 5.16. The Labute approximate surface area is 149 Å². The van der Waals surface area contributed by atoms with Crippen LogP contribution in [0.25, 0.3) is 0 Å². The van der Waals surface area contributed by atoms with E-state index in [1.54, 1.807) is 7.11 Å². The number of nitrogens with zero attached hydrogens (tertiary/aromatic N) is 2. The van der Waals surface area contributed by atoms with E-state index in [2.05, 4.69) is 10.2 Å². The van der Waals surface area contributed by atoms with Crippen LogP contribution in [0.2, 0.25) is 0 Å². The maximum absolute atomic E-state index is 12.8. The van der Waals surface area contributed by atoms with Gasteiger partial charge in [0.15, 0.2) is 0 Å². The number of hydrogen-bond donors (Lipinski definition) is 1. The van der Waals surface area contributed by atoms with E-state index in [1.807, 2.05) is 31.2 Å². The van der Waals surface area contributed by atoms with Crippen LogP contribution in [-0.2, 0) is 11.2 Å². The van der Waals surface area contributed by atoms with Gasteiger partial charge in [-0.2, -0.15) is 0 Å². The molecule has 0 spiro atoms. The van der Waals surface area contributed by atoms with Crippen molar-refractivity contribution < 1.29 is 14.3 Å². The minimum Gasteiger partial charge on any atom is -0.497 e. The first-order valence-corrected chi connectivity index (χ1v) is 9.01. The van der Waals surface area contributed by atoms with E-state index in [0.717, 1.165) is 43.7 Å². The number of ether oxygens (including phenoxy) is 1. The Bertz CT molecular complexity index is 625. The van der Waals surface area contributed by atoms with Gasteiger partial charge in [-0.05, 0) is 63.4 Å². The van der Waals surface area contributed by atoms with Crippen LogP contribution >= 0.6 is 0 Å². The number of methoxy groups -OCH3 is 1. The molecule has 2 aliphatic heterocycles. The Morgan fingerprint density at radius 2 is 1.80 bits per heavy atom. The molecule has 0 radical (unpaired) electrons. The molecule has 0 saturated carbocycles. The third-order valence-corrected chi connectivity index (χ3v) is 5.21. The molecule has 136 valence electrons. The highest BCUT2D eigenvalue weighted by molar-refractivity contribution is 6.06. The number of nitrogens with one attached hydrogen (secondary N) is 1. The minimum absolute atomic E-state index is 0.114. The molecule has 2 saturated heterocycles. The first-order valence-electron chi connectivity index (χ1n) is 9.01. The van der Waals surface area contributed by atoms with Gasteiger partial charge in [0, 0.05) is 0 Å². The first kappa shape index (κ1) is 17.7. The van der Waals surface area contributed by atoms with Gasteiger partial charge in [-0.25, -0.2) is 9.69 Å². The van der Waals surface area contributed by atoms with Crippen molar-refractivity contribution in [1.82, 2.24) is 15.1 Å². The van der Waals surface area contributed by atoms with Gasteiger partial charge in [0.1, 0.15) is 11.3 Å². The van der Waals surface area contributed by atoms with Gasteiger partial charge in [-0.1, -0.05) is 18.6 Å². The SMILES string of the molecule is COc1ccc(CC[C@]2(C)NC(=O)N(CN3CCCCC3)C2=O)cc1. The van der Waals surface area contributed by atoms with Crippen LogP contribution in [0.3, 0.4) is 0 Å². The summed E-state index contributed by atoms with van der Waals surface area (Å²) in [6, 6.07) is 7.54. The molecule has 1 N–H and O–H groups in total. The number of urea groups is 1. The summed E-state index contributed by atoms with van der Waals surface area (Å²) in [6.45, 7) is 4.15. The van der Waals surface area contributed by atoms with Gasteiger partial charge in [0.25, 0.3) is 5.91 Å². The molecular formula is C19H27N3O3. The van der Waals surface area contributed by atoms with Crippen molar-refractivity contribution in [2.45, 2.75) is 44.6 Å². The standard InChI is InChI=1S/C19H27N3O3/c1-19(11-10-15-6-8-16(25-2)9-7-15)17(23)22(18(24)20-19)14-21-12-4-3-5-13-21/h6-9H,3-5,10-14H2,1-2H3,(H,20,24)/t19-/m0/s1. The fraction of sp³-hybridized carbons (Fsp3) is 0.579. The number of rotatable bonds is 6. The second kappa shape index (κ2) is 7.44. The molecule has 2 aliphatic rings. The Hall–Kier alpha value is -2.08. The van der Waals surface area contributed by atoms with Crippen molar-refractivity contribution in [1.29, 1.82) is 0 Å². The van der Waals surface area contributed by atoms with Crippen LogP contribution in [0, 0.1) is 0 Å². The van der Waals surface area contributed by atoms with E-state index in [-0.39, 0.29) is 11.9 Å². The fourth-order valence-electron chi connectivity index (χ4n) is 3.53. The number of piperidine rings is 1. The Balaban J connectivity index is 1.60. The highest BCUT2D eigenvalue weighted by Crippen LogP contribution is 2.24. The second-order valence-corrected chi connectivity index (χ2v) is 7.16. The van der Waals surface area contributed by atoms with E-state index in [4.69, 9.17) is 4.74 Å². The van der Waals surface area contributed by atoms with Crippen LogP contribution in [-0.4, -0.2) is 54.1 Å². The molecule has 0 unspecified atom stereocenters. The summed E-state index contributed by atoms with van der Waals surface area (Å²) in [4.78, 5) is 28.7. The summed E-state index contributed by atoms with van der Waals surface area (Å²) >= 11 is 0. The Morgan fingerprint density at radius 1 is 1.12 bits per heavy atom. The third kappa shape index (κ3) is 3.95. The van der Waals surface area contributed by atoms with Gasteiger partial charge in [0.05, 0.1) is 13.8 Å². The zero-order valence-electron chi connectivity index (χ0n) is 15.1. The number of benzene rings is 1. The maximum atomic E-state index is 12.8. The van der Waals surface area contributed by atoms with Gasteiger partial charge in [0.2, 0.25) is 0 Å². The van der Waals surface area contributed by atoms with Gasteiger partial charge >= 0.3 is 6.03 Å². The van der Waals surface area contributed by atoms with Crippen molar-refractivity contribution in [2.75, 3.05) is 26.9 Å². The molecule has 3 rings (SSSR count). The lowest BCUT2D eigenvalue weighted by atomic mass is 9.93. The highest BCUT2D eigenvalue weighted by atomic mass is 16.5. The predicted octanol–water partition coefficient (Wildman–Crippen LogP) is 2.38. The second-order valence-electron chi connectivity index (χ2n) is 7.16. The molecule has 1 atom stereocenters. The van der Waals surface area contributed by atoms with E-state index in [1.165, 1.54) is 11.3 Å². The van der Waals surface area contributed by atoms with E-state index in [0.29, 0.717) is 13.1 Å². The molecule has 2 heterocycles. The molecule has 0 aliphatic carbocycles. The average molecular weight is 345 g/mol. The number of likely N-dealkylation sites (tertiary alicyclic amines) is 1. The summed E-state index contributed by atoms with van der Waals surface area (Å²) in [6.07, 6.45) is 4.82. The number of imide groups is 1. The largest absolute Gasteiger partial charge is 0.497 e. The Kier molecular flexibility index (Phi) is 5.27.